The van der Waals surface area contributed by atoms with Gasteiger partial charge in [0.05, 0.1) is 6.26 Å². The molecule has 3 heterocycles. The number of likely N-dealkylation sites (tertiary alicyclic amines) is 2. The Morgan fingerprint density at radius 1 is 1.28 bits per heavy atom. The summed E-state index contributed by atoms with van der Waals surface area (Å²) in [5, 5.41) is 10.5. The van der Waals surface area contributed by atoms with Gasteiger partial charge >= 0.3 is 0 Å². The number of furan rings is 1. The topological polar surface area (TPSA) is 56.9 Å². The van der Waals surface area contributed by atoms with Gasteiger partial charge in [0.25, 0.3) is 0 Å². The molecule has 0 spiro atoms. The summed E-state index contributed by atoms with van der Waals surface area (Å²) in [5.41, 5.74) is 0. The van der Waals surface area contributed by atoms with Crippen LogP contribution in [0.5, 0.6) is 0 Å². The number of hydrogen-bond donors (Lipinski definition) is 1. The zero-order valence-corrected chi connectivity index (χ0v) is 15.4. The minimum absolute atomic E-state index is 0.291. The lowest BCUT2D eigenvalue weighted by Crippen LogP contribution is -2.40. The zero-order chi connectivity index (χ0) is 17.6. The average molecular weight is 348 g/mol. The summed E-state index contributed by atoms with van der Waals surface area (Å²) < 4.78 is 5.35. The number of amides is 1. The van der Waals surface area contributed by atoms with Crippen LogP contribution in [0, 0.1) is 0 Å². The summed E-state index contributed by atoms with van der Waals surface area (Å²) in [6, 6.07) is 4.38. The predicted molar refractivity (Wildman–Crippen MR) is 97.1 cm³/mol. The fraction of sp³-hybridized carbons (Fsp3) is 0.750. The van der Waals surface area contributed by atoms with Gasteiger partial charge in [0.2, 0.25) is 5.91 Å². The van der Waals surface area contributed by atoms with Crippen LogP contribution >= 0.6 is 0 Å². The summed E-state index contributed by atoms with van der Waals surface area (Å²) in [6.45, 7) is 4.90. The number of carbonyl (C=O) groups excluding carboxylic acids is 1. The van der Waals surface area contributed by atoms with Gasteiger partial charge < -0.3 is 14.4 Å². The number of hydrogen-bond acceptors (Lipinski definition) is 4. The maximum atomic E-state index is 12.5. The first kappa shape index (κ1) is 18.5. The van der Waals surface area contributed by atoms with Gasteiger partial charge in [-0.15, -0.1) is 0 Å². The lowest BCUT2D eigenvalue weighted by molar-refractivity contribution is -0.132. The molecule has 25 heavy (non-hydrogen) atoms. The number of rotatable bonds is 6. The standard InChI is InChI=1S/C20H32N2O3/c1-16-7-5-12-22(16)20(24)10-13-21-11-4-2-3-8-17(21)15-18(23)19-9-6-14-25-19/h6,9,14,16-18,23H,2-5,7-8,10-13,15H2,1H3. The molecule has 0 bridgehead atoms. The highest BCUT2D eigenvalue weighted by Crippen LogP contribution is 2.27. The first-order valence-corrected chi connectivity index (χ1v) is 9.90. The first-order chi connectivity index (χ1) is 12.1. The molecule has 3 rings (SSSR count). The molecule has 2 saturated heterocycles. The summed E-state index contributed by atoms with van der Waals surface area (Å²) in [7, 11) is 0. The highest BCUT2D eigenvalue weighted by atomic mass is 16.4. The van der Waals surface area contributed by atoms with Crippen molar-refractivity contribution in [3.63, 3.8) is 0 Å². The third-order valence-corrected chi connectivity index (χ3v) is 5.85. The van der Waals surface area contributed by atoms with E-state index in [2.05, 4.69) is 11.8 Å². The van der Waals surface area contributed by atoms with Gasteiger partial charge in [0.15, 0.2) is 0 Å². The molecule has 1 aromatic rings. The summed E-state index contributed by atoms with van der Waals surface area (Å²) in [6.07, 6.45) is 9.30. The minimum atomic E-state index is -0.560. The lowest BCUT2D eigenvalue weighted by Gasteiger charge is -2.32. The van der Waals surface area contributed by atoms with Crippen molar-refractivity contribution in [2.45, 2.75) is 76.5 Å². The molecule has 3 atom stereocenters. The van der Waals surface area contributed by atoms with Crippen molar-refractivity contribution >= 4 is 5.91 Å². The molecular formula is C20H32N2O3. The second kappa shape index (κ2) is 8.86. The number of nitrogens with zero attached hydrogens (tertiary/aromatic N) is 2. The van der Waals surface area contributed by atoms with Crippen molar-refractivity contribution in [2.24, 2.45) is 0 Å². The van der Waals surface area contributed by atoms with E-state index >= 15 is 0 Å². The molecule has 5 nitrogen and oxygen atoms in total. The van der Waals surface area contributed by atoms with Crippen molar-refractivity contribution in [1.82, 2.24) is 9.80 Å². The molecule has 2 aliphatic rings. The summed E-state index contributed by atoms with van der Waals surface area (Å²) in [5.74, 6) is 0.936. The lowest BCUT2D eigenvalue weighted by atomic mass is 10.0. The molecule has 1 N–H and O–H groups in total. The fourth-order valence-electron chi connectivity index (χ4n) is 4.34. The maximum absolute atomic E-state index is 12.5. The first-order valence-electron chi connectivity index (χ1n) is 9.90. The maximum Gasteiger partial charge on any atom is 0.224 e. The molecule has 5 heteroatoms. The third kappa shape index (κ3) is 4.85. The van der Waals surface area contributed by atoms with Gasteiger partial charge in [0.1, 0.15) is 11.9 Å². The molecule has 0 aliphatic carbocycles. The Bertz CT molecular complexity index is 531. The second-order valence-electron chi connectivity index (χ2n) is 7.63. The van der Waals surface area contributed by atoms with Crippen LogP contribution in [-0.4, -0.2) is 52.5 Å². The molecule has 0 saturated carbocycles. The molecule has 3 unspecified atom stereocenters. The number of aliphatic hydroxyl groups excluding tert-OH is 1. The molecule has 2 fully saturated rings. The smallest absolute Gasteiger partial charge is 0.224 e. The quantitative estimate of drug-likeness (QED) is 0.856. The molecule has 140 valence electrons. The predicted octanol–water partition coefficient (Wildman–Crippen LogP) is 3.35. The van der Waals surface area contributed by atoms with E-state index in [1.165, 1.54) is 19.3 Å². The highest BCUT2D eigenvalue weighted by molar-refractivity contribution is 5.77. The van der Waals surface area contributed by atoms with E-state index in [4.69, 9.17) is 4.42 Å². The molecular weight excluding hydrogens is 316 g/mol. The van der Waals surface area contributed by atoms with Crippen LogP contribution in [0.2, 0.25) is 0 Å². The van der Waals surface area contributed by atoms with E-state index in [1.807, 2.05) is 17.0 Å². The van der Waals surface area contributed by atoms with Crippen molar-refractivity contribution < 1.29 is 14.3 Å². The van der Waals surface area contributed by atoms with Gasteiger partial charge in [-0.25, -0.2) is 0 Å². The van der Waals surface area contributed by atoms with Crippen molar-refractivity contribution in [3.05, 3.63) is 24.2 Å². The van der Waals surface area contributed by atoms with Crippen molar-refractivity contribution in [3.8, 4) is 0 Å². The van der Waals surface area contributed by atoms with Gasteiger partial charge in [-0.1, -0.05) is 12.8 Å². The Labute approximate surface area is 151 Å². The Hall–Kier alpha value is -1.33. The molecule has 2 aliphatic heterocycles. The van der Waals surface area contributed by atoms with Crippen molar-refractivity contribution in [2.75, 3.05) is 19.6 Å². The van der Waals surface area contributed by atoms with E-state index in [9.17, 15) is 9.90 Å². The Morgan fingerprint density at radius 3 is 2.88 bits per heavy atom. The molecule has 1 amide bonds. The van der Waals surface area contributed by atoms with E-state index in [1.54, 1.807) is 6.26 Å². The molecule has 0 radical (unpaired) electrons. The highest BCUT2D eigenvalue weighted by Gasteiger charge is 2.28. The minimum Gasteiger partial charge on any atom is -0.467 e. The summed E-state index contributed by atoms with van der Waals surface area (Å²) in [4.78, 5) is 17.0. The van der Waals surface area contributed by atoms with Gasteiger partial charge in [-0.3, -0.25) is 9.69 Å². The van der Waals surface area contributed by atoms with Gasteiger partial charge in [-0.05, 0) is 57.7 Å². The van der Waals surface area contributed by atoms with Crippen LogP contribution < -0.4 is 0 Å². The van der Waals surface area contributed by atoms with Gasteiger partial charge in [-0.2, -0.15) is 0 Å². The Kier molecular flexibility index (Phi) is 6.54. The van der Waals surface area contributed by atoms with Crippen LogP contribution in [0.15, 0.2) is 22.8 Å². The van der Waals surface area contributed by atoms with Gasteiger partial charge in [0, 0.05) is 31.6 Å². The Morgan fingerprint density at radius 2 is 2.16 bits per heavy atom. The molecule has 0 aromatic carbocycles. The molecule has 1 aromatic heterocycles. The van der Waals surface area contributed by atoms with E-state index in [0.29, 0.717) is 36.6 Å². The van der Waals surface area contributed by atoms with Crippen molar-refractivity contribution in [1.29, 1.82) is 0 Å². The zero-order valence-electron chi connectivity index (χ0n) is 15.4. The van der Waals surface area contributed by atoms with Crippen LogP contribution in [0.4, 0.5) is 0 Å². The second-order valence-corrected chi connectivity index (χ2v) is 7.63. The van der Waals surface area contributed by atoms with E-state index in [0.717, 1.165) is 38.9 Å². The SMILES string of the molecule is CC1CCCN1C(=O)CCN1CCCCCC1CC(O)c1ccco1. The van der Waals surface area contributed by atoms with Crippen LogP contribution in [-0.2, 0) is 4.79 Å². The number of aliphatic hydroxyl groups is 1. The van der Waals surface area contributed by atoms with Crippen LogP contribution in [0.3, 0.4) is 0 Å². The fourth-order valence-corrected chi connectivity index (χ4v) is 4.34. The van der Waals surface area contributed by atoms with E-state index < -0.39 is 6.10 Å². The number of carbonyl (C=O) groups is 1. The monoisotopic (exact) mass is 348 g/mol. The largest absolute Gasteiger partial charge is 0.467 e. The summed E-state index contributed by atoms with van der Waals surface area (Å²) >= 11 is 0. The normalized spacial score (nSPS) is 26.6. The van der Waals surface area contributed by atoms with Crippen LogP contribution in [0.1, 0.15) is 70.2 Å². The average Bonchev–Trinajstić information content (AvgIpc) is 3.23. The van der Waals surface area contributed by atoms with Crippen LogP contribution in [0.25, 0.3) is 0 Å². The third-order valence-electron chi connectivity index (χ3n) is 5.85. The Balaban J connectivity index is 1.55. The van der Waals surface area contributed by atoms with E-state index in [-0.39, 0.29) is 0 Å².